The van der Waals surface area contributed by atoms with Gasteiger partial charge in [0.2, 0.25) is 0 Å². The van der Waals surface area contributed by atoms with E-state index in [9.17, 15) is 5.11 Å². The SMILES string of the molecule is CCCC[C@H](O)[C@@H](CC/C=C/[C@@H](OCOCC[Si](C)(C)C)[C@H]1CC[C@H]([C@H]2CC[C@H]([C@@H](CCCCCO[Si](C)(C)C(C)(C)C)OCOCC[Si](C)(C)C)O2)O1)OCOCC[Si](C)(C)C. The van der Waals surface area contributed by atoms with Gasteiger partial charge in [0.1, 0.15) is 26.5 Å². The zero-order valence-electron chi connectivity index (χ0n) is 43.7. The topological polar surface area (TPSA) is 103 Å². The summed E-state index contributed by atoms with van der Waals surface area (Å²) in [6.07, 6.45) is 15.5. The van der Waals surface area contributed by atoms with Crippen LogP contribution >= 0.6 is 0 Å². The Morgan fingerprint density at radius 1 is 0.603 bits per heavy atom. The van der Waals surface area contributed by atoms with E-state index >= 15 is 0 Å². The highest BCUT2D eigenvalue weighted by Gasteiger charge is 2.42. The Morgan fingerprint density at radius 3 is 1.67 bits per heavy atom. The van der Waals surface area contributed by atoms with Crippen molar-refractivity contribution in [3.8, 4) is 0 Å². The molecule has 0 aromatic rings. The van der Waals surface area contributed by atoms with Gasteiger partial charge in [-0.2, -0.15) is 0 Å². The molecule has 2 saturated heterocycles. The number of rotatable bonds is 36. The van der Waals surface area contributed by atoms with E-state index in [1.54, 1.807) is 0 Å². The summed E-state index contributed by atoms with van der Waals surface area (Å²) < 4.78 is 57.1. The van der Waals surface area contributed by atoms with Crippen molar-refractivity contribution in [2.24, 2.45) is 0 Å². The third-order valence-corrected chi connectivity index (χ3v) is 22.7. The molecule has 2 aliphatic rings. The molecule has 0 saturated carbocycles. The normalized spacial score (nSPS) is 22.6. The summed E-state index contributed by atoms with van der Waals surface area (Å²) >= 11 is 0. The average molecular weight is 964 g/mol. The summed E-state index contributed by atoms with van der Waals surface area (Å²) in [5.74, 6) is 0. The van der Waals surface area contributed by atoms with Crippen molar-refractivity contribution in [3.05, 3.63) is 12.2 Å². The number of unbranched alkanes of at least 4 members (excludes halogenated alkanes) is 3. The van der Waals surface area contributed by atoms with Crippen molar-refractivity contribution < 1.29 is 47.4 Å². The molecule has 0 amide bonds. The minimum atomic E-state index is -1.73. The van der Waals surface area contributed by atoms with Gasteiger partial charge in [-0.25, -0.2) is 0 Å². The average Bonchev–Trinajstić information content (AvgIpc) is 3.86. The Labute approximate surface area is 392 Å². The molecule has 2 aliphatic heterocycles. The van der Waals surface area contributed by atoms with Crippen LogP contribution in [0.1, 0.15) is 111 Å². The van der Waals surface area contributed by atoms with Crippen LogP contribution in [0.25, 0.3) is 0 Å². The quantitative estimate of drug-likeness (QED) is 0.0283. The molecule has 10 nitrogen and oxygen atoms in total. The molecular weight excluding hydrogens is 861 g/mol. The summed E-state index contributed by atoms with van der Waals surface area (Å²) in [5, 5.41) is 11.3. The molecule has 0 bridgehead atoms. The van der Waals surface area contributed by atoms with E-state index in [-0.39, 0.29) is 61.4 Å². The van der Waals surface area contributed by atoms with Crippen LogP contribution < -0.4 is 0 Å². The van der Waals surface area contributed by atoms with Gasteiger partial charge in [-0.15, -0.1) is 0 Å². The van der Waals surface area contributed by atoms with Gasteiger partial charge < -0.3 is 47.4 Å². The highest BCUT2D eigenvalue weighted by atomic mass is 28.4. The molecule has 0 radical (unpaired) electrons. The number of hydrogen-bond acceptors (Lipinski definition) is 10. The van der Waals surface area contributed by atoms with Gasteiger partial charge in [0.25, 0.3) is 0 Å². The van der Waals surface area contributed by atoms with Crippen molar-refractivity contribution in [3.63, 3.8) is 0 Å². The lowest BCUT2D eigenvalue weighted by atomic mass is 10.0. The number of ether oxygens (including phenoxy) is 8. The minimum absolute atomic E-state index is 0.00211. The molecule has 2 rings (SSSR count). The summed E-state index contributed by atoms with van der Waals surface area (Å²) in [5.41, 5.74) is 0. The maximum absolute atomic E-state index is 11.0. The number of hydrogen-bond donors (Lipinski definition) is 1. The largest absolute Gasteiger partial charge is 0.417 e. The highest BCUT2D eigenvalue weighted by Crippen LogP contribution is 2.37. The molecule has 0 spiro atoms. The number of aliphatic hydroxyl groups is 1. The highest BCUT2D eigenvalue weighted by molar-refractivity contribution is 6.77. The molecule has 0 aliphatic carbocycles. The Morgan fingerprint density at radius 2 is 1.13 bits per heavy atom. The molecule has 0 aromatic heterocycles. The fourth-order valence-electron chi connectivity index (χ4n) is 7.46. The second-order valence-corrected chi connectivity index (χ2v) is 45.5. The van der Waals surface area contributed by atoms with Crippen LogP contribution in [-0.2, 0) is 42.3 Å². The summed E-state index contributed by atoms with van der Waals surface area (Å²) in [4.78, 5) is 0. The van der Waals surface area contributed by atoms with E-state index in [0.717, 1.165) is 108 Å². The molecule has 2 fully saturated rings. The van der Waals surface area contributed by atoms with E-state index in [0.29, 0.717) is 26.4 Å². The maximum Gasteiger partial charge on any atom is 0.191 e. The fourth-order valence-corrected chi connectivity index (χ4v) is 10.8. The fraction of sp³-hybridized carbons (Fsp3) is 0.959. The van der Waals surface area contributed by atoms with E-state index in [2.05, 4.69) is 112 Å². The summed E-state index contributed by atoms with van der Waals surface area (Å²) in [6, 6.07) is 3.33. The van der Waals surface area contributed by atoms with E-state index in [4.69, 9.17) is 42.3 Å². The Balaban J connectivity index is 2.04. The van der Waals surface area contributed by atoms with Gasteiger partial charge in [-0.1, -0.05) is 124 Å². The van der Waals surface area contributed by atoms with Crippen LogP contribution in [0.4, 0.5) is 0 Å². The molecule has 1 N–H and O–H groups in total. The van der Waals surface area contributed by atoms with Gasteiger partial charge in [0.05, 0.1) is 42.7 Å². The first-order valence-corrected chi connectivity index (χ1v) is 39.3. The second-order valence-electron chi connectivity index (χ2n) is 23.8. The molecule has 14 heteroatoms. The van der Waals surface area contributed by atoms with Crippen molar-refractivity contribution in [2.45, 2.75) is 255 Å². The predicted molar refractivity (Wildman–Crippen MR) is 273 cm³/mol. The van der Waals surface area contributed by atoms with E-state index in [1.807, 2.05) is 0 Å². The first-order valence-electron chi connectivity index (χ1n) is 25.3. The Hall–Kier alpha value is 0.208. The van der Waals surface area contributed by atoms with E-state index < -0.39 is 38.6 Å². The molecule has 63 heavy (non-hydrogen) atoms. The van der Waals surface area contributed by atoms with Gasteiger partial charge in [-0.05, 0) is 94.1 Å². The van der Waals surface area contributed by atoms with Crippen molar-refractivity contribution in [1.82, 2.24) is 0 Å². The lowest BCUT2D eigenvalue weighted by Crippen LogP contribution is -2.40. The van der Waals surface area contributed by atoms with E-state index in [1.165, 1.54) is 0 Å². The van der Waals surface area contributed by atoms with Crippen LogP contribution in [0.5, 0.6) is 0 Å². The molecule has 2 heterocycles. The molecular formula is C49H102O10Si4. The van der Waals surface area contributed by atoms with Gasteiger partial charge in [-0.3, -0.25) is 0 Å². The molecule has 8 atom stereocenters. The van der Waals surface area contributed by atoms with Crippen LogP contribution in [0.3, 0.4) is 0 Å². The molecule has 0 aromatic carbocycles. The van der Waals surface area contributed by atoms with Crippen molar-refractivity contribution >= 4 is 32.5 Å². The minimum Gasteiger partial charge on any atom is -0.417 e. The van der Waals surface area contributed by atoms with Crippen LogP contribution in [0.2, 0.25) is 95.2 Å². The Bertz CT molecular complexity index is 1200. The molecule has 374 valence electrons. The standard InChI is InChI=1S/C49H102O10Si4/c1-16-17-23-41(50)42(54-38-51-32-35-60(5,6)7)24-20-21-26-44(56-40-53-34-37-62(11,12)13)46-28-30-48(59-46)47-29-27-45(58-47)43(55-39-52-33-36-61(8,9)10)25-19-18-22-31-57-63(14,15)49(2,3)4/h21,26,41-48,50H,16-20,22-25,27-40H2,1-15H3/b26-21+/t41-,42+,43+,44+,45+,46+,47+,48+/m0/s1. The third-order valence-electron chi connectivity index (χ3n) is 13.1. The zero-order valence-corrected chi connectivity index (χ0v) is 47.7. The number of aliphatic hydroxyl groups excluding tert-OH is 1. The smallest absolute Gasteiger partial charge is 0.191 e. The van der Waals surface area contributed by atoms with Gasteiger partial charge in [0.15, 0.2) is 8.32 Å². The lowest BCUT2D eigenvalue weighted by molar-refractivity contribution is -0.156. The second kappa shape index (κ2) is 30.0. The Kier molecular flexibility index (Phi) is 28.2. The molecule has 0 unspecified atom stereocenters. The van der Waals surface area contributed by atoms with Crippen molar-refractivity contribution in [1.29, 1.82) is 0 Å². The van der Waals surface area contributed by atoms with Gasteiger partial charge in [0, 0.05) is 50.6 Å². The summed E-state index contributed by atoms with van der Waals surface area (Å²) in [6.45, 7) is 38.8. The van der Waals surface area contributed by atoms with Crippen LogP contribution in [0.15, 0.2) is 12.2 Å². The van der Waals surface area contributed by atoms with Crippen LogP contribution in [-0.4, -0.2) is 133 Å². The maximum atomic E-state index is 11.0. The zero-order chi connectivity index (χ0) is 47.2. The third kappa shape index (κ3) is 27.1. The predicted octanol–water partition coefficient (Wildman–Crippen LogP) is 12.6. The monoisotopic (exact) mass is 963 g/mol. The summed E-state index contributed by atoms with van der Waals surface area (Å²) in [7, 11) is -5.30. The van der Waals surface area contributed by atoms with Gasteiger partial charge >= 0.3 is 0 Å². The van der Waals surface area contributed by atoms with Crippen LogP contribution in [0, 0.1) is 0 Å². The lowest BCUT2D eigenvalue weighted by Gasteiger charge is -2.36. The number of allylic oxidation sites excluding steroid dienone is 1. The first-order chi connectivity index (χ1) is 29.4. The first kappa shape index (κ1) is 59.3. The van der Waals surface area contributed by atoms with Crippen molar-refractivity contribution in [2.75, 3.05) is 46.8 Å².